The Morgan fingerprint density at radius 2 is 2.20 bits per heavy atom. The lowest BCUT2D eigenvalue weighted by Crippen LogP contribution is -2.07. The molecule has 0 saturated heterocycles. The molecular weight excluding hydrogens is 354 g/mol. The van der Waals surface area contributed by atoms with Gasteiger partial charge < -0.3 is 14.5 Å². The summed E-state index contributed by atoms with van der Waals surface area (Å²) in [5.41, 5.74) is 1.17. The van der Waals surface area contributed by atoms with Gasteiger partial charge in [-0.15, -0.1) is 0 Å². The van der Waals surface area contributed by atoms with Crippen molar-refractivity contribution in [1.82, 2.24) is 15.0 Å². The van der Waals surface area contributed by atoms with Crippen molar-refractivity contribution >= 4 is 28.3 Å². The van der Waals surface area contributed by atoms with Crippen LogP contribution in [0.1, 0.15) is 12.1 Å². The van der Waals surface area contributed by atoms with Gasteiger partial charge in [-0.1, -0.05) is 6.07 Å². The number of anilines is 1. The lowest BCUT2D eigenvalue weighted by atomic mass is 10.2. The summed E-state index contributed by atoms with van der Waals surface area (Å²) < 4.78 is 36.5. The van der Waals surface area contributed by atoms with Crippen molar-refractivity contribution in [2.24, 2.45) is 5.92 Å². The van der Waals surface area contributed by atoms with Crippen LogP contribution in [-0.2, 0) is 6.54 Å². The SMILES string of the molecule is FC1(F)CC1COc1cccc2c(NCc3cocn3)nc(Cl)nc12. The normalized spacial score (nSPS) is 18.3. The number of alkyl halides is 2. The molecule has 1 atom stereocenters. The van der Waals surface area contributed by atoms with Crippen molar-refractivity contribution in [2.45, 2.75) is 18.9 Å². The van der Waals surface area contributed by atoms with Crippen molar-refractivity contribution in [3.05, 3.63) is 41.8 Å². The Bertz CT molecular complexity index is 905. The summed E-state index contributed by atoms with van der Waals surface area (Å²) in [5.74, 6) is -2.47. The standard InChI is InChI=1S/C16H13ClF2N4O2/c17-15-22-13-11(14(23-15)20-5-10-7-24-8-21-10)2-1-3-12(13)25-6-9-4-16(9,18)19/h1-3,7-9H,4-6H2,(H,20,22,23). The second-order valence-corrected chi connectivity index (χ2v) is 6.14. The number of nitrogens with zero attached hydrogens (tertiary/aromatic N) is 3. The van der Waals surface area contributed by atoms with Crippen molar-refractivity contribution in [3.63, 3.8) is 0 Å². The summed E-state index contributed by atoms with van der Waals surface area (Å²) in [5, 5.41) is 3.82. The Morgan fingerprint density at radius 1 is 1.36 bits per heavy atom. The summed E-state index contributed by atoms with van der Waals surface area (Å²) >= 11 is 6.00. The third-order valence-electron chi connectivity index (χ3n) is 3.98. The van der Waals surface area contributed by atoms with E-state index in [2.05, 4.69) is 20.3 Å². The van der Waals surface area contributed by atoms with Crippen LogP contribution in [-0.4, -0.2) is 27.5 Å². The number of benzene rings is 1. The molecule has 25 heavy (non-hydrogen) atoms. The van der Waals surface area contributed by atoms with E-state index in [1.54, 1.807) is 18.2 Å². The Balaban J connectivity index is 1.59. The van der Waals surface area contributed by atoms with E-state index in [0.717, 1.165) is 0 Å². The molecule has 2 heterocycles. The minimum Gasteiger partial charge on any atom is -0.491 e. The van der Waals surface area contributed by atoms with Gasteiger partial charge in [-0.05, 0) is 23.7 Å². The molecule has 0 aliphatic heterocycles. The van der Waals surface area contributed by atoms with Crippen molar-refractivity contribution < 1.29 is 17.9 Å². The molecule has 4 rings (SSSR count). The largest absolute Gasteiger partial charge is 0.491 e. The minimum atomic E-state index is -2.62. The molecule has 2 aromatic heterocycles. The molecule has 1 aliphatic carbocycles. The van der Waals surface area contributed by atoms with Gasteiger partial charge in [0.25, 0.3) is 5.92 Å². The zero-order valence-electron chi connectivity index (χ0n) is 12.9. The van der Waals surface area contributed by atoms with E-state index in [1.807, 2.05) is 0 Å². The molecule has 0 bridgehead atoms. The number of oxazole rings is 1. The average molecular weight is 367 g/mol. The van der Waals surface area contributed by atoms with E-state index in [0.29, 0.717) is 34.7 Å². The summed E-state index contributed by atoms with van der Waals surface area (Å²) in [6.07, 6.45) is 2.71. The predicted octanol–water partition coefficient (Wildman–Crippen LogP) is 3.92. The van der Waals surface area contributed by atoms with Crippen LogP contribution in [0.25, 0.3) is 10.9 Å². The first-order valence-electron chi connectivity index (χ1n) is 7.61. The van der Waals surface area contributed by atoms with Gasteiger partial charge in [0.05, 0.1) is 24.8 Å². The molecule has 1 N–H and O–H groups in total. The van der Waals surface area contributed by atoms with Crippen molar-refractivity contribution in [2.75, 3.05) is 11.9 Å². The second kappa shape index (κ2) is 6.11. The monoisotopic (exact) mass is 366 g/mol. The Labute approximate surface area is 146 Å². The van der Waals surface area contributed by atoms with E-state index in [1.165, 1.54) is 12.7 Å². The highest BCUT2D eigenvalue weighted by atomic mass is 35.5. The highest BCUT2D eigenvalue weighted by Gasteiger charge is 2.57. The lowest BCUT2D eigenvalue weighted by Gasteiger charge is -2.12. The highest BCUT2D eigenvalue weighted by Crippen LogP contribution is 2.48. The van der Waals surface area contributed by atoms with Gasteiger partial charge in [-0.2, -0.15) is 0 Å². The molecule has 1 saturated carbocycles. The second-order valence-electron chi connectivity index (χ2n) is 5.80. The quantitative estimate of drug-likeness (QED) is 0.667. The number of ether oxygens (including phenoxy) is 1. The summed E-state index contributed by atoms with van der Waals surface area (Å²) in [7, 11) is 0. The maximum absolute atomic E-state index is 13.0. The molecule has 0 radical (unpaired) electrons. The van der Waals surface area contributed by atoms with Crippen LogP contribution >= 0.6 is 11.6 Å². The number of halogens is 3. The van der Waals surface area contributed by atoms with Crippen molar-refractivity contribution in [1.29, 1.82) is 0 Å². The molecule has 1 aliphatic rings. The first-order chi connectivity index (χ1) is 12.0. The maximum Gasteiger partial charge on any atom is 0.255 e. The number of fused-ring (bicyclic) bond motifs is 1. The molecule has 0 amide bonds. The van der Waals surface area contributed by atoms with Gasteiger partial charge in [0, 0.05) is 11.8 Å². The Morgan fingerprint density at radius 3 is 2.92 bits per heavy atom. The van der Waals surface area contributed by atoms with Crippen LogP contribution in [0.4, 0.5) is 14.6 Å². The first kappa shape index (κ1) is 16.0. The lowest BCUT2D eigenvalue weighted by molar-refractivity contribution is 0.0858. The zero-order chi connectivity index (χ0) is 17.4. The van der Waals surface area contributed by atoms with Gasteiger partial charge in [0.1, 0.15) is 23.3 Å². The summed E-state index contributed by atoms with van der Waals surface area (Å²) in [6.45, 7) is 0.327. The number of hydrogen-bond donors (Lipinski definition) is 1. The van der Waals surface area contributed by atoms with E-state index < -0.39 is 11.8 Å². The van der Waals surface area contributed by atoms with Crippen LogP contribution in [0.15, 0.2) is 35.3 Å². The molecule has 1 aromatic carbocycles. The molecule has 0 spiro atoms. The molecule has 1 unspecified atom stereocenters. The fourth-order valence-corrected chi connectivity index (χ4v) is 2.66. The molecule has 6 nitrogen and oxygen atoms in total. The van der Waals surface area contributed by atoms with Crippen LogP contribution in [0.2, 0.25) is 5.28 Å². The van der Waals surface area contributed by atoms with E-state index in [-0.39, 0.29) is 18.3 Å². The first-order valence-corrected chi connectivity index (χ1v) is 7.98. The number of rotatable bonds is 6. The smallest absolute Gasteiger partial charge is 0.255 e. The van der Waals surface area contributed by atoms with Gasteiger partial charge in [-0.25, -0.2) is 23.7 Å². The van der Waals surface area contributed by atoms with Gasteiger partial charge >= 0.3 is 0 Å². The summed E-state index contributed by atoms with van der Waals surface area (Å²) in [6, 6.07) is 5.23. The molecule has 9 heteroatoms. The van der Waals surface area contributed by atoms with Gasteiger partial charge in [0.2, 0.25) is 5.28 Å². The molecule has 3 aromatic rings. The molecular formula is C16H13ClF2N4O2. The van der Waals surface area contributed by atoms with Crippen LogP contribution in [0, 0.1) is 5.92 Å². The summed E-state index contributed by atoms with van der Waals surface area (Å²) in [4.78, 5) is 12.4. The van der Waals surface area contributed by atoms with Crippen LogP contribution < -0.4 is 10.1 Å². The average Bonchev–Trinajstić information content (AvgIpc) is 2.98. The van der Waals surface area contributed by atoms with E-state index >= 15 is 0 Å². The fraction of sp³-hybridized carbons (Fsp3) is 0.312. The molecule has 130 valence electrons. The third kappa shape index (κ3) is 3.34. The predicted molar refractivity (Wildman–Crippen MR) is 86.9 cm³/mol. The number of hydrogen-bond acceptors (Lipinski definition) is 6. The molecule has 1 fully saturated rings. The minimum absolute atomic E-state index is 0.0305. The maximum atomic E-state index is 13.0. The Hall–Kier alpha value is -2.48. The topological polar surface area (TPSA) is 73.1 Å². The van der Waals surface area contributed by atoms with Crippen molar-refractivity contribution in [3.8, 4) is 5.75 Å². The highest BCUT2D eigenvalue weighted by molar-refractivity contribution is 6.29. The van der Waals surface area contributed by atoms with Gasteiger partial charge in [-0.3, -0.25) is 0 Å². The van der Waals surface area contributed by atoms with Crippen LogP contribution in [0.3, 0.4) is 0 Å². The van der Waals surface area contributed by atoms with Gasteiger partial charge in [0.15, 0.2) is 6.39 Å². The van der Waals surface area contributed by atoms with Crippen LogP contribution in [0.5, 0.6) is 5.75 Å². The number of para-hydroxylation sites is 1. The Kier molecular flexibility index (Phi) is 3.91. The van der Waals surface area contributed by atoms with E-state index in [4.69, 9.17) is 20.8 Å². The third-order valence-corrected chi connectivity index (χ3v) is 4.15. The number of nitrogens with one attached hydrogen (secondary N) is 1. The van der Waals surface area contributed by atoms with E-state index in [9.17, 15) is 8.78 Å². The zero-order valence-corrected chi connectivity index (χ0v) is 13.6. The fourth-order valence-electron chi connectivity index (χ4n) is 2.49. The number of aromatic nitrogens is 3.